The summed E-state index contributed by atoms with van der Waals surface area (Å²) in [5, 5.41) is 8.68. The van der Waals surface area contributed by atoms with E-state index in [9.17, 15) is 0 Å². The number of allylic oxidation sites excluding steroid dienone is 1. The van der Waals surface area contributed by atoms with Gasteiger partial charge in [-0.25, -0.2) is 4.89 Å². The van der Waals surface area contributed by atoms with E-state index in [0.717, 1.165) is 19.3 Å². The van der Waals surface area contributed by atoms with Crippen molar-refractivity contribution in [3.8, 4) is 0 Å². The third-order valence-electron chi connectivity index (χ3n) is 2.37. The van der Waals surface area contributed by atoms with Crippen molar-refractivity contribution < 1.29 is 10.1 Å². The van der Waals surface area contributed by atoms with Crippen molar-refractivity contribution >= 4 is 0 Å². The summed E-state index contributed by atoms with van der Waals surface area (Å²) in [6.45, 7) is 6.45. The third kappa shape index (κ3) is 2.08. The highest BCUT2D eigenvalue weighted by atomic mass is 17.1. The molecule has 2 heteroatoms. The van der Waals surface area contributed by atoms with Crippen LogP contribution in [0.1, 0.15) is 40.0 Å². The van der Waals surface area contributed by atoms with Crippen molar-refractivity contribution in [3.63, 3.8) is 0 Å². The summed E-state index contributed by atoms with van der Waals surface area (Å²) < 4.78 is 0. The Morgan fingerprint density at radius 2 is 2.17 bits per heavy atom. The van der Waals surface area contributed by atoms with Gasteiger partial charge >= 0.3 is 0 Å². The fraction of sp³-hybridized carbons (Fsp3) is 0.800. The lowest BCUT2D eigenvalue weighted by Gasteiger charge is -2.31. The highest BCUT2D eigenvalue weighted by Gasteiger charge is 2.27. The first-order valence-corrected chi connectivity index (χ1v) is 4.56. The van der Waals surface area contributed by atoms with Gasteiger partial charge in [0.1, 0.15) is 6.10 Å². The maximum atomic E-state index is 8.68. The molecule has 0 radical (unpaired) electrons. The molecule has 0 bridgehead atoms. The summed E-state index contributed by atoms with van der Waals surface area (Å²) in [5.41, 5.74) is 1.35. The van der Waals surface area contributed by atoms with Crippen LogP contribution in [0.15, 0.2) is 11.6 Å². The fourth-order valence-corrected chi connectivity index (χ4v) is 1.75. The van der Waals surface area contributed by atoms with Gasteiger partial charge in [-0.2, -0.15) is 0 Å². The molecule has 1 rings (SSSR count). The summed E-state index contributed by atoms with van der Waals surface area (Å²) in [7, 11) is 0. The summed E-state index contributed by atoms with van der Waals surface area (Å²) in [6, 6.07) is 0. The van der Waals surface area contributed by atoms with Gasteiger partial charge in [-0.05, 0) is 30.3 Å². The first-order valence-electron chi connectivity index (χ1n) is 4.56. The van der Waals surface area contributed by atoms with Crippen LogP contribution in [-0.4, -0.2) is 11.4 Å². The number of hydrogen-bond acceptors (Lipinski definition) is 2. The van der Waals surface area contributed by atoms with E-state index in [1.165, 1.54) is 5.57 Å². The van der Waals surface area contributed by atoms with Gasteiger partial charge in [0, 0.05) is 0 Å². The Kier molecular flexibility index (Phi) is 2.91. The molecule has 1 aliphatic rings. The molecule has 0 saturated heterocycles. The van der Waals surface area contributed by atoms with Crippen LogP contribution in [0.2, 0.25) is 0 Å². The first kappa shape index (κ1) is 9.75. The molecule has 1 atom stereocenters. The van der Waals surface area contributed by atoms with Gasteiger partial charge in [0.15, 0.2) is 0 Å². The summed E-state index contributed by atoms with van der Waals surface area (Å²) >= 11 is 0. The van der Waals surface area contributed by atoms with Gasteiger partial charge in [0.05, 0.1) is 0 Å². The molecule has 0 spiro atoms. The highest BCUT2D eigenvalue weighted by Crippen LogP contribution is 2.34. The lowest BCUT2D eigenvalue weighted by Crippen LogP contribution is -2.26. The minimum atomic E-state index is -0.0706. The third-order valence-corrected chi connectivity index (χ3v) is 2.37. The maximum absolute atomic E-state index is 8.68. The SMILES string of the molecule is CC(C)(C)C1=CCCCC1OO. The van der Waals surface area contributed by atoms with E-state index in [2.05, 4.69) is 31.7 Å². The van der Waals surface area contributed by atoms with Crippen LogP contribution in [0.3, 0.4) is 0 Å². The average Bonchev–Trinajstić information content (AvgIpc) is 2.03. The topological polar surface area (TPSA) is 29.5 Å². The van der Waals surface area contributed by atoms with E-state index in [1.807, 2.05) is 0 Å². The molecule has 0 saturated carbocycles. The minimum absolute atomic E-state index is 0.0706. The molecule has 2 nitrogen and oxygen atoms in total. The van der Waals surface area contributed by atoms with E-state index in [-0.39, 0.29) is 11.5 Å². The molecule has 0 heterocycles. The van der Waals surface area contributed by atoms with Crippen LogP contribution in [0.4, 0.5) is 0 Å². The molecule has 12 heavy (non-hydrogen) atoms. The van der Waals surface area contributed by atoms with Crippen LogP contribution in [0.5, 0.6) is 0 Å². The Balaban J connectivity index is 2.77. The molecule has 0 amide bonds. The molecule has 70 valence electrons. The standard InChI is InChI=1S/C10H18O2/c1-10(2,3)8-6-4-5-7-9(8)12-11/h6,9,11H,4-5,7H2,1-3H3. The van der Waals surface area contributed by atoms with Crippen molar-refractivity contribution in [2.75, 3.05) is 0 Å². The summed E-state index contributed by atoms with van der Waals surface area (Å²) in [4.78, 5) is 4.46. The monoisotopic (exact) mass is 170 g/mol. The minimum Gasteiger partial charge on any atom is -0.251 e. The Labute approximate surface area is 74.2 Å². The van der Waals surface area contributed by atoms with Crippen LogP contribution >= 0.6 is 0 Å². The van der Waals surface area contributed by atoms with Crippen molar-refractivity contribution in [2.45, 2.75) is 46.1 Å². The molecule has 0 aromatic heterocycles. The van der Waals surface area contributed by atoms with Gasteiger partial charge in [-0.1, -0.05) is 26.8 Å². The van der Waals surface area contributed by atoms with E-state index in [1.54, 1.807) is 0 Å². The molecule has 0 aromatic carbocycles. The van der Waals surface area contributed by atoms with Crippen molar-refractivity contribution in [3.05, 3.63) is 11.6 Å². The molecule has 1 unspecified atom stereocenters. The Morgan fingerprint density at radius 1 is 1.50 bits per heavy atom. The lowest BCUT2D eigenvalue weighted by molar-refractivity contribution is -0.273. The molecule has 0 aliphatic heterocycles. The molecule has 0 fully saturated rings. The smallest absolute Gasteiger partial charge is 0.114 e. The summed E-state index contributed by atoms with van der Waals surface area (Å²) in [6.07, 6.45) is 5.31. The predicted octanol–water partition coefficient (Wildman–Crippen LogP) is 3.00. The quantitative estimate of drug-likeness (QED) is 0.372. The zero-order valence-corrected chi connectivity index (χ0v) is 8.13. The molecule has 1 aliphatic carbocycles. The fourth-order valence-electron chi connectivity index (χ4n) is 1.75. The zero-order valence-electron chi connectivity index (χ0n) is 8.13. The van der Waals surface area contributed by atoms with E-state index in [0.29, 0.717) is 0 Å². The first-order chi connectivity index (χ1) is 5.55. The second-order valence-electron chi connectivity index (χ2n) is 4.43. The van der Waals surface area contributed by atoms with E-state index in [4.69, 9.17) is 5.26 Å². The van der Waals surface area contributed by atoms with Gasteiger partial charge in [-0.3, -0.25) is 5.26 Å². The number of hydrogen-bond donors (Lipinski definition) is 1. The van der Waals surface area contributed by atoms with Gasteiger partial charge in [0.2, 0.25) is 0 Å². The molecule has 1 N–H and O–H groups in total. The molecular weight excluding hydrogens is 152 g/mol. The van der Waals surface area contributed by atoms with Crippen LogP contribution in [0.25, 0.3) is 0 Å². The van der Waals surface area contributed by atoms with Gasteiger partial charge in [0.25, 0.3) is 0 Å². The van der Waals surface area contributed by atoms with Crippen molar-refractivity contribution in [2.24, 2.45) is 5.41 Å². The average molecular weight is 170 g/mol. The van der Waals surface area contributed by atoms with Crippen LogP contribution in [0, 0.1) is 5.41 Å². The Hall–Kier alpha value is -0.340. The lowest BCUT2D eigenvalue weighted by atomic mass is 9.78. The predicted molar refractivity (Wildman–Crippen MR) is 48.9 cm³/mol. The second-order valence-corrected chi connectivity index (χ2v) is 4.43. The Bertz CT molecular complexity index is 177. The van der Waals surface area contributed by atoms with E-state index < -0.39 is 0 Å². The highest BCUT2D eigenvalue weighted by molar-refractivity contribution is 5.18. The normalized spacial score (nSPS) is 25.3. The summed E-state index contributed by atoms with van der Waals surface area (Å²) in [5.74, 6) is 0. The van der Waals surface area contributed by atoms with Crippen LogP contribution < -0.4 is 0 Å². The number of rotatable bonds is 1. The van der Waals surface area contributed by atoms with Crippen molar-refractivity contribution in [1.29, 1.82) is 0 Å². The molecule has 0 aromatic rings. The van der Waals surface area contributed by atoms with Gasteiger partial charge in [-0.15, -0.1) is 0 Å². The largest absolute Gasteiger partial charge is 0.251 e. The van der Waals surface area contributed by atoms with Crippen LogP contribution in [-0.2, 0) is 4.89 Å². The maximum Gasteiger partial charge on any atom is 0.114 e. The van der Waals surface area contributed by atoms with Crippen molar-refractivity contribution in [1.82, 2.24) is 0 Å². The second kappa shape index (κ2) is 3.58. The van der Waals surface area contributed by atoms with Gasteiger partial charge < -0.3 is 0 Å². The van der Waals surface area contributed by atoms with E-state index >= 15 is 0 Å². The Morgan fingerprint density at radius 3 is 2.58 bits per heavy atom. The molecular formula is C10H18O2. The zero-order chi connectivity index (χ0) is 9.19.